The van der Waals surface area contributed by atoms with Crippen molar-refractivity contribution in [2.24, 2.45) is 0 Å². The van der Waals surface area contributed by atoms with Gasteiger partial charge in [-0.1, -0.05) is 25.1 Å². The number of carbonyl (C=O) groups is 1. The first-order valence-electron chi connectivity index (χ1n) is 8.31. The van der Waals surface area contributed by atoms with E-state index in [1.54, 1.807) is 36.5 Å². The third-order valence-corrected chi connectivity index (χ3v) is 3.95. The third kappa shape index (κ3) is 4.05. The van der Waals surface area contributed by atoms with Gasteiger partial charge in [0.1, 0.15) is 0 Å². The standard InChI is InChI=1S/C21H18N4O/c1-2-16-5-3-4-6-20(16)24-19-11-17(13-23-14-19)21(26)25-18-9-7-15(12-22)8-10-18/h3-11,13-14,24H,2H2,1H3,(H,25,26). The van der Waals surface area contributed by atoms with Gasteiger partial charge >= 0.3 is 0 Å². The number of nitriles is 1. The van der Waals surface area contributed by atoms with Crippen LogP contribution in [0.15, 0.2) is 67.0 Å². The Labute approximate surface area is 152 Å². The number of amides is 1. The maximum Gasteiger partial charge on any atom is 0.257 e. The molecule has 0 aliphatic heterocycles. The molecule has 0 spiro atoms. The maximum atomic E-state index is 12.5. The summed E-state index contributed by atoms with van der Waals surface area (Å²) in [5.74, 6) is -0.255. The number of carbonyl (C=O) groups excluding carboxylic acids is 1. The van der Waals surface area contributed by atoms with Crippen LogP contribution in [0.25, 0.3) is 0 Å². The van der Waals surface area contributed by atoms with E-state index in [2.05, 4.69) is 28.6 Å². The van der Waals surface area contributed by atoms with Crippen molar-refractivity contribution < 1.29 is 4.79 Å². The Balaban J connectivity index is 1.75. The summed E-state index contributed by atoms with van der Waals surface area (Å²) in [5.41, 5.74) is 4.57. The van der Waals surface area contributed by atoms with Crippen LogP contribution in [0.4, 0.5) is 17.1 Å². The van der Waals surface area contributed by atoms with Gasteiger partial charge in [-0.3, -0.25) is 9.78 Å². The summed E-state index contributed by atoms with van der Waals surface area (Å²) in [6, 6.07) is 18.6. The largest absolute Gasteiger partial charge is 0.354 e. The number of benzene rings is 2. The fourth-order valence-corrected chi connectivity index (χ4v) is 2.57. The lowest BCUT2D eigenvalue weighted by atomic mass is 10.1. The maximum absolute atomic E-state index is 12.5. The topological polar surface area (TPSA) is 77.8 Å². The molecule has 0 unspecified atom stereocenters. The van der Waals surface area contributed by atoms with Gasteiger partial charge < -0.3 is 10.6 Å². The Bertz CT molecular complexity index is 958. The lowest BCUT2D eigenvalue weighted by Crippen LogP contribution is -2.12. The summed E-state index contributed by atoms with van der Waals surface area (Å²) in [6.45, 7) is 2.10. The highest BCUT2D eigenvalue weighted by atomic mass is 16.1. The molecule has 0 saturated heterocycles. The molecule has 0 saturated carbocycles. The van der Waals surface area contributed by atoms with E-state index in [1.807, 2.05) is 24.3 Å². The number of nitrogens with zero attached hydrogens (tertiary/aromatic N) is 2. The van der Waals surface area contributed by atoms with Crippen LogP contribution in [0, 0.1) is 11.3 Å². The van der Waals surface area contributed by atoms with Crippen molar-refractivity contribution in [3.63, 3.8) is 0 Å². The zero-order chi connectivity index (χ0) is 18.4. The molecule has 0 aliphatic rings. The molecule has 1 amide bonds. The van der Waals surface area contributed by atoms with Gasteiger partial charge in [0, 0.05) is 17.6 Å². The highest BCUT2D eigenvalue weighted by Crippen LogP contribution is 2.21. The lowest BCUT2D eigenvalue weighted by Gasteiger charge is -2.11. The second-order valence-corrected chi connectivity index (χ2v) is 5.74. The van der Waals surface area contributed by atoms with Crippen molar-refractivity contribution in [3.8, 4) is 6.07 Å². The number of aryl methyl sites for hydroxylation is 1. The van der Waals surface area contributed by atoms with E-state index in [-0.39, 0.29) is 5.91 Å². The zero-order valence-electron chi connectivity index (χ0n) is 14.4. The fraction of sp³-hybridized carbons (Fsp3) is 0.0952. The number of aromatic nitrogens is 1. The molecule has 3 aromatic rings. The first-order chi connectivity index (χ1) is 12.7. The molecule has 0 radical (unpaired) electrons. The lowest BCUT2D eigenvalue weighted by molar-refractivity contribution is 0.102. The van der Waals surface area contributed by atoms with E-state index in [9.17, 15) is 4.79 Å². The van der Waals surface area contributed by atoms with Gasteiger partial charge in [-0.15, -0.1) is 0 Å². The summed E-state index contributed by atoms with van der Waals surface area (Å²) >= 11 is 0. The fourth-order valence-electron chi connectivity index (χ4n) is 2.57. The molecule has 0 bridgehead atoms. The molecule has 0 aliphatic carbocycles. The van der Waals surface area contributed by atoms with Crippen molar-refractivity contribution >= 4 is 23.0 Å². The molecule has 1 aromatic heterocycles. The predicted octanol–water partition coefficient (Wildman–Crippen LogP) is 4.51. The number of anilines is 3. The van der Waals surface area contributed by atoms with Gasteiger partial charge in [0.2, 0.25) is 0 Å². The number of hydrogen-bond acceptors (Lipinski definition) is 4. The van der Waals surface area contributed by atoms with Crippen LogP contribution >= 0.6 is 0 Å². The highest BCUT2D eigenvalue weighted by molar-refractivity contribution is 6.04. The third-order valence-electron chi connectivity index (χ3n) is 3.95. The molecule has 2 aromatic carbocycles. The number of hydrogen-bond donors (Lipinski definition) is 2. The minimum atomic E-state index is -0.255. The highest BCUT2D eigenvalue weighted by Gasteiger charge is 2.09. The van der Waals surface area contributed by atoms with Crippen LogP contribution < -0.4 is 10.6 Å². The minimum absolute atomic E-state index is 0.255. The van der Waals surface area contributed by atoms with Gasteiger partial charge in [-0.2, -0.15) is 5.26 Å². The van der Waals surface area contributed by atoms with Crippen LogP contribution in [0.5, 0.6) is 0 Å². The normalized spacial score (nSPS) is 10.0. The monoisotopic (exact) mass is 342 g/mol. The quantitative estimate of drug-likeness (QED) is 0.715. The molecule has 1 heterocycles. The summed E-state index contributed by atoms with van der Waals surface area (Å²) in [7, 11) is 0. The number of nitrogens with one attached hydrogen (secondary N) is 2. The molecule has 0 fully saturated rings. The van der Waals surface area contributed by atoms with E-state index in [0.29, 0.717) is 16.8 Å². The molecule has 3 rings (SSSR count). The van der Waals surface area contributed by atoms with Crippen molar-refractivity contribution in [2.75, 3.05) is 10.6 Å². The number of para-hydroxylation sites is 1. The van der Waals surface area contributed by atoms with Crippen LogP contribution in [0.3, 0.4) is 0 Å². The van der Waals surface area contributed by atoms with E-state index >= 15 is 0 Å². The second kappa shape index (κ2) is 7.95. The van der Waals surface area contributed by atoms with E-state index in [1.165, 1.54) is 11.8 Å². The Morgan fingerprint density at radius 3 is 2.58 bits per heavy atom. The van der Waals surface area contributed by atoms with Crippen LogP contribution in [0.1, 0.15) is 28.4 Å². The summed E-state index contributed by atoms with van der Waals surface area (Å²) in [6.07, 6.45) is 4.12. The molecule has 0 atom stereocenters. The minimum Gasteiger partial charge on any atom is -0.354 e. The molecular formula is C21H18N4O. The molecule has 26 heavy (non-hydrogen) atoms. The van der Waals surface area contributed by atoms with Gasteiger partial charge in [0.25, 0.3) is 5.91 Å². The smallest absolute Gasteiger partial charge is 0.257 e. The van der Waals surface area contributed by atoms with Crippen LogP contribution in [0.2, 0.25) is 0 Å². The predicted molar refractivity (Wildman–Crippen MR) is 102 cm³/mol. The molecule has 2 N–H and O–H groups in total. The van der Waals surface area contributed by atoms with Gasteiger partial charge in [0.05, 0.1) is 29.1 Å². The van der Waals surface area contributed by atoms with E-state index in [0.717, 1.165) is 17.8 Å². The first-order valence-corrected chi connectivity index (χ1v) is 8.31. The molecular weight excluding hydrogens is 324 g/mol. The molecule has 128 valence electrons. The van der Waals surface area contributed by atoms with E-state index in [4.69, 9.17) is 5.26 Å². The second-order valence-electron chi connectivity index (χ2n) is 5.74. The van der Waals surface area contributed by atoms with Gasteiger partial charge in [-0.25, -0.2) is 0 Å². The SMILES string of the molecule is CCc1ccccc1Nc1cncc(C(=O)Nc2ccc(C#N)cc2)c1. The van der Waals surface area contributed by atoms with E-state index < -0.39 is 0 Å². The van der Waals surface area contributed by atoms with Crippen LogP contribution in [-0.2, 0) is 6.42 Å². The molecule has 5 heteroatoms. The first kappa shape index (κ1) is 17.2. The zero-order valence-corrected chi connectivity index (χ0v) is 14.4. The Morgan fingerprint density at radius 1 is 1.08 bits per heavy atom. The average Bonchev–Trinajstić information content (AvgIpc) is 2.69. The van der Waals surface area contributed by atoms with Crippen molar-refractivity contribution in [2.45, 2.75) is 13.3 Å². The van der Waals surface area contributed by atoms with Crippen molar-refractivity contribution in [3.05, 3.63) is 83.7 Å². The summed E-state index contributed by atoms with van der Waals surface area (Å²) < 4.78 is 0. The Kier molecular flexibility index (Phi) is 5.25. The number of rotatable bonds is 5. The van der Waals surface area contributed by atoms with Crippen molar-refractivity contribution in [1.82, 2.24) is 4.98 Å². The van der Waals surface area contributed by atoms with Crippen molar-refractivity contribution in [1.29, 1.82) is 5.26 Å². The number of pyridine rings is 1. The molecule has 5 nitrogen and oxygen atoms in total. The summed E-state index contributed by atoms with van der Waals surface area (Å²) in [5, 5.41) is 15.0. The Hall–Kier alpha value is -3.65. The summed E-state index contributed by atoms with van der Waals surface area (Å²) in [4.78, 5) is 16.6. The average molecular weight is 342 g/mol. The van der Waals surface area contributed by atoms with Gasteiger partial charge in [0.15, 0.2) is 0 Å². The van der Waals surface area contributed by atoms with Crippen LogP contribution in [-0.4, -0.2) is 10.9 Å². The van der Waals surface area contributed by atoms with Gasteiger partial charge in [-0.05, 0) is 48.4 Å². The Morgan fingerprint density at radius 2 is 1.85 bits per heavy atom.